The average molecular weight is 116 g/mol. The number of hydrogen-bond acceptors (Lipinski definition) is 2. The Morgan fingerprint density at radius 1 is 1.57 bits per heavy atom. The van der Waals surface area contributed by atoms with Gasteiger partial charge in [-0.15, -0.1) is 0 Å². The fourth-order valence-corrected chi connectivity index (χ4v) is 0.772. The van der Waals surface area contributed by atoms with Gasteiger partial charge in [-0.3, -0.25) is 0 Å². The molecule has 0 amide bonds. The number of allylic oxidation sites excluding steroid dienone is 1. The van der Waals surface area contributed by atoms with Gasteiger partial charge in [0.15, 0.2) is 0 Å². The molecule has 0 fully saturated rings. The van der Waals surface area contributed by atoms with Crippen LogP contribution in [0, 0.1) is 5.41 Å². The van der Waals surface area contributed by atoms with Crippen molar-refractivity contribution in [1.29, 1.82) is 0 Å². The van der Waals surface area contributed by atoms with Crippen molar-refractivity contribution in [2.24, 2.45) is 4.40 Å². The van der Waals surface area contributed by atoms with Gasteiger partial charge in [0.1, 0.15) is 5.41 Å². The van der Waals surface area contributed by atoms with E-state index in [4.69, 9.17) is 0 Å². The Labute approximate surface area is 41.4 Å². The van der Waals surface area contributed by atoms with Gasteiger partial charge in [-0.25, -0.2) is 0 Å². The van der Waals surface area contributed by atoms with Crippen molar-refractivity contribution in [3.8, 4) is 0 Å². The van der Waals surface area contributed by atoms with Crippen molar-refractivity contribution in [3.63, 3.8) is 0 Å². The van der Waals surface area contributed by atoms with E-state index in [1.54, 1.807) is 0 Å². The van der Waals surface area contributed by atoms with E-state index in [1.807, 2.05) is 5.41 Å². The second-order valence-electron chi connectivity index (χ2n) is 1.01. The van der Waals surface area contributed by atoms with Gasteiger partial charge in [0, 0.05) is 6.21 Å². The lowest BCUT2D eigenvalue weighted by atomic mass is 10.7. The van der Waals surface area contributed by atoms with Crippen LogP contribution < -0.4 is 0 Å². The highest BCUT2D eigenvalue weighted by Gasteiger charge is 2.03. The third-order valence-electron chi connectivity index (χ3n) is 0.491. The highest BCUT2D eigenvalue weighted by atomic mass is 32.2. The van der Waals surface area contributed by atoms with E-state index in [1.165, 1.54) is 12.3 Å². The quantitative estimate of drug-likeness (QED) is 0.437. The van der Waals surface area contributed by atoms with Gasteiger partial charge >= 0.3 is 0 Å². The standard InChI is InChI=1S/C3H2NO2S/c5-7(6)3-1-2-4-7/h1-2H. The third-order valence-corrected chi connectivity index (χ3v) is 1.32. The van der Waals surface area contributed by atoms with E-state index in [2.05, 4.69) is 4.40 Å². The van der Waals surface area contributed by atoms with Gasteiger partial charge in [0.25, 0.3) is 10.0 Å². The summed E-state index contributed by atoms with van der Waals surface area (Å²) in [5.41, 5.74) is 0. The molecule has 7 heavy (non-hydrogen) atoms. The van der Waals surface area contributed by atoms with Crippen LogP contribution in [-0.4, -0.2) is 14.6 Å². The fraction of sp³-hybridized carbons (Fsp3) is 0. The molecule has 3 nitrogen and oxygen atoms in total. The van der Waals surface area contributed by atoms with E-state index in [0.717, 1.165) is 0 Å². The monoisotopic (exact) mass is 116 g/mol. The summed E-state index contributed by atoms with van der Waals surface area (Å²) >= 11 is 0. The summed E-state index contributed by atoms with van der Waals surface area (Å²) in [6.07, 6.45) is 2.45. The van der Waals surface area contributed by atoms with Crippen molar-refractivity contribution in [1.82, 2.24) is 0 Å². The van der Waals surface area contributed by atoms with E-state index < -0.39 is 10.0 Å². The van der Waals surface area contributed by atoms with Gasteiger partial charge in [-0.05, 0) is 6.08 Å². The molecule has 1 radical (unpaired) electrons. The summed E-state index contributed by atoms with van der Waals surface area (Å²) in [5, 5.41) is 2.02. The Hall–Kier alpha value is -0.640. The molecule has 1 aliphatic rings. The molecule has 37 valence electrons. The molecule has 0 N–H and O–H groups in total. The minimum Gasteiger partial charge on any atom is -0.199 e. The first-order chi connectivity index (χ1) is 3.21. The Kier molecular flexibility index (Phi) is 0.751. The Morgan fingerprint density at radius 2 is 2.29 bits per heavy atom. The zero-order valence-corrected chi connectivity index (χ0v) is 4.14. The molecule has 0 spiro atoms. The van der Waals surface area contributed by atoms with Crippen LogP contribution >= 0.6 is 0 Å². The Bertz CT molecular complexity index is 193. The smallest absolute Gasteiger partial charge is 0.199 e. The molecule has 1 aliphatic heterocycles. The molecule has 0 atom stereocenters. The first-order valence-corrected chi connectivity index (χ1v) is 3.04. The average Bonchev–Trinajstić information content (AvgIpc) is 1.84. The maximum atomic E-state index is 10.1. The zero-order valence-electron chi connectivity index (χ0n) is 3.33. The summed E-state index contributed by atoms with van der Waals surface area (Å²) in [6, 6.07) is 0. The number of nitrogens with zero attached hydrogens (tertiary/aromatic N) is 1. The van der Waals surface area contributed by atoms with E-state index in [9.17, 15) is 8.42 Å². The Morgan fingerprint density at radius 3 is 2.43 bits per heavy atom. The van der Waals surface area contributed by atoms with Crippen LogP contribution in [0.15, 0.2) is 10.5 Å². The molecule has 0 bridgehead atoms. The van der Waals surface area contributed by atoms with Crippen molar-refractivity contribution in [2.45, 2.75) is 0 Å². The number of hydrogen-bond donors (Lipinski definition) is 0. The molecule has 1 rings (SSSR count). The fourth-order valence-electron chi connectivity index (χ4n) is 0.257. The van der Waals surface area contributed by atoms with Crippen molar-refractivity contribution in [2.75, 3.05) is 0 Å². The summed E-state index contributed by atoms with van der Waals surface area (Å²) in [6.45, 7) is 0. The summed E-state index contributed by atoms with van der Waals surface area (Å²) in [4.78, 5) is 0. The molecule has 1 heterocycles. The van der Waals surface area contributed by atoms with Gasteiger partial charge in [-0.2, -0.15) is 12.8 Å². The lowest BCUT2D eigenvalue weighted by molar-refractivity contribution is 0.606. The first kappa shape index (κ1) is 4.52. The molecule has 0 saturated heterocycles. The second-order valence-corrected chi connectivity index (χ2v) is 2.41. The normalized spacial score (nSPS) is 23.4. The van der Waals surface area contributed by atoms with Crippen molar-refractivity contribution < 1.29 is 8.42 Å². The molecule has 0 aromatic rings. The highest BCUT2D eigenvalue weighted by Crippen LogP contribution is 1.95. The van der Waals surface area contributed by atoms with Crippen LogP contribution in [0.25, 0.3) is 0 Å². The Balaban J connectivity index is 3.25. The van der Waals surface area contributed by atoms with Crippen LogP contribution in [0.3, 0.4) is 0 Å². The molecule has 0 unspecified atom stereocenters. The largest absolute Gasteiger partial charge is 0.283 e. The van der Waals surface area contributed by atoms with Crippen LogP contribution in [0.5, 0.6) is 0 Å². The first-order valence-electron chi connectivity index (χ1n) is 1.60. The minimum absolute atomic E-state index is 1.19. The van der Waals surface area contributed by atoms with Crippen molar-refractivity contribution in [3.05, 3.63) is 11.5 Å². The zero-order chi connectivity index (χ0) is 5.33. The number of sulfonamides is 1. The predicted octanol–water partition coefficient (Wildman–Crippen LogP) is -0.283. The van der Waals surface area contributed by atoms with Crippen LogP contribution in [-0.2, 0) is 10.0 Å². The van der Waals surface area contributed by atoms with Gasteiger partial charge in [0.05, 0.1) is 0 Å². The lowest BCUT2D eigenvalue weighted by Gasteiger charge is -1.72. The molecule has 0 aliphatic carbocycles. The SMILES string of the molecule is O=S1(=O)[C]=CC=N1. The minimum atomic E-state index is -3.28. The lowest BCUT2D eigenvalue weighted by Crippen LogP contribution is -1.81. The van der Waals surface area contributed by atoms with E-state index >= 15 is 0 Å². The predicted molar refractivity (Wildman–Crippen MR) is 25.2 cm³/mol. The molecule has 0 saturated carbocycles. The topological polar surface area (TPSA) is 46.5 Å². The molecular formula is C3H2NO2S. The third kappa shape index (κ3) is 0.866. The molecular weight excluding hydrogens is 114 g/mol. The van der Waals surface area contributed by atoms with Crippen molar-refractivity contribution >= 4 is 16.2 Å². The van der Waals surface area contributed by atoms with E-state index in [-0.39, 0.29) is 0 Å². The molecule has 0 aromatic heterocycles. The van der Waals surface area contributed by atoms with Gasteiger partial charge in [0.2, 0.25) is 0 Å². The van der Waals surface area contributed by atoms with Crippen LogP contribution in [0.4, 0.5) is 0 Å². The second kappa shape index (κ2) is 1.16. The van der Waals surface area contributed by atoms with Gasteiger partial charge < -0.3 is 0 Å². The van der Waals surface area contributed by atoms with E-state index in [0.29, 0.717) is 0 Å². The molecule has 4 heteroatoms. The van der Waals surface area contributed by atoms with Gasteiger partial charge in [-0.1, -0.05) is 0 Å². The highest BCUT2D eigenvalue weighted by molar-refractivity contribution is 7.92. The van der Waals surface area contributed by atoms with Crippen LogP contribution in [0.1, 0.15) is 0 Å². The van der Waals surface area contributed by atoms with Crippen LogP contribution in [0.2, 0.25) is 0 Å². The maximum Gasteiger partial charge on any atom is 0.283 e. The summed E-state index contributed by atoms with van der Waals surface area (Å²) < 4.78 is 23.2. The molecule has 0 aromatic carbocycles. The number of rotatable bonds is 0. The summed E-state index contributed by atoms with van der Waals surface area (Å²) in [7, 11) is -3.28. The summed E-state index contributed by atoms with van der Waals surface area (Å²) in [5.74, 6) is 0. The maximum absolute atomic E-state index is 10.1.